The van der Waals surface area contributed by atoms with E-state index >= 15 is 0 Å². The van der Waals surface area contributed by atoms with Gasteiger partial charge >= 0.3 is 0 Å². The summed E-state index contributed by atoms with van der Waals surface area (Å²) in [4.78, 5) is 6.86. The highest BCUT2D eigenvalue weighted by molar-refractivity contribution is 7.09. The second-order valence-corrected chi connectivity index (χ2v) is 6.30. The van der Waals surface area contributed by atoms with Crippen LogP contribution < -0.4 is 0 Å². The maximum absolute atomic E-state index is 10.4. The van der Waals surface area contributed by atoms with Gasteiger partial charge in [0.05, 0.1) is 10.6 Å². The van der Waals surface area contributed by atoms with Crippen LogP contribution in [0, 0.1) is 0 Å². The van der Waals surface area contributed by atoms with Crippen LogP contribution in [0.3, 0.4) is 0 Å². The molecular formula is C14H24N2OS. The van der Waals surface area contributed by atoms with Gasteiger partial charge in [-0.25, -0.2) is 4.98 Å². The number of nitrogens with zero attached hydrogens (tertiary/aromatic N) is 2. The first-order chi connectivity index (χ1) is 8.67. The van der Waals surface area contributed by atoms with Crippen LogP contribution in [-0.2, 0) is 0 Å². The van der Waals surface area contributed by atoms with Gasteiger partial charge < -0.3 is 5.11 Å². The van der Waals surface area contributed by atoms with Gasteiger partial charge in [0, 0.05) is 30.6 Å². The summed E-state index contributed by atoms with van der Waals surface area (Å²) in [5, 5.41) is 13.8. The third kappa shape index (κ3) is 3.31. The Balaban J connectivity index is 1.95. The zero-order chi connectivity index (χ0) is 13.0. The lowest BCUT2D eigenvalue weighted by molar-refractivity contribution is -0.00980. The summed E-state index contributed by atoms with van der Waals surface area (Å²) in [6, 6.07) is 0. The lowest BCUT2D eigenvalue weighted by Gasteiger charge is -2.37. The van der Waals surface area contributed by atoms with Crippen molar-refractivity contribution in [1.29, 1.82) is 0 Å². The number of thiazole rings is 1. The van der Waals surface area contributed by atoms with Crippen LogP contribution in [0.4, 0.5) is 0 Å². The molecule has 1 unspecified atom stereocenters. The molecule has 102 valence electrons. The van der Waals surface area contributed by atoms with E-state index in [2.05, 4.69) is 29.1 Å². The Morgan fingerprint density at radius 1 is 1.50 bits per heavy atom. The molecule has 1 aliphatic rings. The van der Waals surface area contributed by atoms with Crippen LogP contribution in [0.2, 0.25) is 0 Å². The molecule has 1 fully saturated rings. The van der Waals surface area contributed by atoms with Crippen molar-refractivity contribution in [2.75, 3.05) is 19.6 Å². The molecule has 1 saturated heterocycles. The lowest BCUT2D eigenvalue weighted by Crippen LogP contribution is -2.45. The quantitative estimate of drug-likeness (QED) is 0.892. The van der Waals surface area contributed by atoms with E-state index in [0.717, 1.165) is 32.5 Å². The van der Waals surface area contributed by atoms with E-state index in [4.69, 9.17) is 0 Å². The van der Waals surface area contributed by atoms with Crippen molar-refractivity contribution in [3.05, 3.63) is 16.6 Å². The highest BCUT2D eigenvalue weighted by Crippen LogP contribution is 2.29. The molecule has 0 bridgehead atoms. The molecule has 1 aliphatic heterocycles. The Kier molecular flexibility index (Phi) is 4.76. The zero-order valence-electron chi connectivity index (χ0n) is 11.4. The van der Waals surface area contributed by atoms with Crippen LogP contribution in [0.15, 0.2) is 11.6 Å². The molecule has 18 heavy (non-hydrogen) atoms. The second-order valence-electron chi connectivity index (χ2n) is 5.38. The smallest absolute Gasteiger partial charge is 0.0968 e. The number of hydrogen-bond donors (Lipinski definition) is 1. The summed E-state index contributed by atoms with van der Waals surface area (Å²) < 4.78 is 0. The first-order valence-corrected chi connectivity index (χ1v) is 7.89. The second kappa shape index (κ2) is 6.13. The van der Waals surface area contributed by atoms with Crippen LogP contribution in [0.5, 0.6) is 0 Å². The summed E-state index contributed by atoms with van der Waals surface area (Å²) in [6.07, 6.45) is 6.02. The summed E-state index contributed by atoms with van der Waals surface area (Å²) in [5.74, 6) is 0.566. The first kappa shape index (κ1) is 14.0. The molecule has 0 spiro atoms. The minimum absolute atomic E-state index is 0.509. The van der Waals surface area contributed by atoms with Gasteiger partial charge in [0.2, 0.25) is 0 Å². The van der Waals surface area contributed by atoms with E-state index in [1.54, 1.807) is 11.3 Å². The van der Waals surface area contributed by atoms with E-state index in [-0.39, 0.29) is 0 Å². The standard InChI is InChI=1S/C14H24N2OS/c1-3-14(17,4-2)11-16-8-5-6-12(10-16)13-15-7-9-18-13/h7,9,12,17H,3-6,8,10-11H2,1-2H3. The minimum Gasteiger partial charge on any atom is -0.389 e. The van der Waals surface area contributed by atoms with Crippen LogP contribution in [0.1, 0.15) is 50.5 Å². The summed E-state index contributed by atoms with van der Waals surface area (Å²) in [6.45, 7) is 7.12. The number of aromatic nitrogens is 1. The molecule has 1 aromatic rings. The SMILES string of the molecule is CCC(O)(CC)CN1CCCC(c2nccs2)C1. The van der Waals surface area contributed by atoms with E-state index in [0.29, 0.717) is 5.92 Å². The van der Waals surface area contributed by atoms with Gasteiger partial charge in [-0.2, -0.15) is 0 Å². The normalized spacial score (nSPS) is 22.3. The van der Waals surface area contributed by atoms with Gasteiger partial charge in [-0.05, 0) is 32.2 Å². The Bertz CT molecular complexity index is 349. The van der Waals surface area contributed by atoms with Crippen molar-refractivity contribution >= 4 is 11.3 Å². The number of piperidine rings is 1. The predicted molar refractivity (Wildman–Crippen MR) is 76.1 cm³/mol. The van der Waals surface area contributed by atoms with Crippen molar-refractivity contribution in [3.63, 3.8) is 0 Å². The molecule has 2 rings (SSSR count). The fraction of sp³-hybridized carbons (Fsp3) is 0.786. The van der Waals surface area contributed by atoms with E-state index in [1.165, 1.54) is 17.8 Å². The number of β-amino-alcohol motifs (C(OH)–C–C–N with tert-alkyl or cyclic N) is 1. The Morgan fingerprint density at radius 3 is 2.89 bits per heavy atom. The number of aliphatic hydroxyl groups is 1. The Morgan fingerprint density at radius 2 is 2.28 bits per heavy atom. The van der Waals surface area contributed by atoms with Crippen molar-refractivity contribution < 1.29 is 5.11 Å². The van der Waals surface area contributed by atoms with Gasteiger partial charge in [0.1, 0.15) is 0 Å². The largest absolute Gasteiger partial charge is 0.389 e. The minimum atomic E-state index is -0.509. The van der Waals surface area contributed by atoms with Gasteiger partial charge in [-0.15, -0.1) is 11.3 Å². The first-order valence-electron chi connectivity index (χ1n) is 7.01. The Hall–Kier alpha value is -0.450. The monoisotopic (exact) mass is 268 g/mol. The van der Waals surface area contributed by atoms with Gasteiger partial charge in [0.15, 0.2) is 0 Å². The van der Waals surface area contributed by atoms with Gasteiger partial charge in [0.25, 0.3) is 0 Å². The van der Waals surface area contributed by atoms with Crippen molar-refractivity contribution in [2.45, 2.75) is 51.0 Å². The number of hydrogen-bond acceptors (Lipinski definition) is 4. The van der Waals surface area contributed by atoms with E-state index in [1.807, 2.05) is 6.20 Å². The van der Waals surface area contributed by atoms with Crippen molar-refractivity contribution in [2.24, 2.45) is 0 Å². The van der Waals surface area contributed by atoms with Gasteiger partial charge in [-0.3, -0.25) is 4.90 Å². The average Bonchev–Trinajstić information content (AvgIpc) is 2.93. The molecule has 1 N–H and O–H groups in total. The molecular weight excluding hydrogens is 244 g/mol. The average molecular weight is 268 g/mol. The van der Waals surface area contributed by atoms with Crippen molar-refractivity contribution in [1.82, 2.24) is 9.88 Å². The third-order valence-electron chi connectivity index (χ3n) is 4.14. The topological polar surface area (TPSA) is 36.4 Å². The molecule has 2 heterocycles. The highest BCUT2D eigenvalue weighted by atomic mass is 32.1. The molecule has 0 saturated carbocycles. The Labute approximate surface area is 114 Å². The number of likely N-dealkylation sites (tertiary alicyclic amines) is 1. The van der Waals surface area contributed by atoms with Crippen molar-refractivity contribution in [3.8, 4) is 0 Å². The van der Waals surface area contributed by atoms with Crippen LogP contribution in [-0.4, -0.2) is 40.2 Å². The number of rotatable bonds is 5. The molecule has 1 aromatic heterocycles. The maximum Gasteiger partial charge on any atom is 0.0968 e. The molecule has 0 amide bonds. The molecule has 4 heteroatoms. The highest BCUT2D eigenvalue weighted by Gasteiger charge is 2.29. The molecule has 3 nitrogen and oxygen atoms in total. The molecule has 1 atom stereocenters. The van der Waals surface area contributed by atoms with Crippen LogP contribution >= 0.6 is 11.3 Å². The lowest BCUT2D eigenvalue weighted by atomic mass is 9.93. The van der Waals surface area contributed by atoms with Crippen LogP contribution in [0.25, 0.3) is 0 Å². The zero-order valence-corrected chi connectivity index (χ0v) is 12.2. The summed E-state index contributed by atoms with van der Waals surface area (Å²) in [7, 11) is 0. The molecule has 0 aromatic carbocycles. The van der Waals surface area contributed by atoms with E-state index < -0.39 is 5.60 Å². The molecule has 0 radical (unpaired) electrons. The fourth-order valence-electron chi connectivity index (χ4n) is 2.73. The maximum atomic E-state index is 10.4. The fourth-order valence-corrected chi connectivity index (χ4v) is 3.49. The third-order valence-corrected chi connectivity index (χ3v) is 5.08. The summed E-state index contributed by atoms with van der Waals surface area (Å²) in [5.41, 5.74) is -0.509. The van der Waals surface area contributed by atoms with Gasteiger partial charge in [-0.1, -0.05) is 13.8 Å². The predicted octanol–water partition coefficient (Wildman–Crippen LogP) is 2.87. The van der Waals surface area contributed by atoms with E-state index in [9.17, 15) is 5.11 Å². The summed E-state index contributed by atoms with van der Waals surface area (Å²) >= 11 is 1.76. The molecule has 0 aliphatic carbocycles.